The van der Waals surface area contributed by atoms with Crippen molar-refractivity contribution in [1.29, 1.82) is 0 Å². The Morgan fingerprint density at radius 1 is 1.37 bits per heavy atom. The first kappa shape index (κ1) is 13.3. The van der Waals surface area contributed by atoms with E-state index in [4.69, 9.17) is 5.11 Å². The minimum atomic E-state index is -0.212. The molecular weight excluding hydrogens is 260 g/mol. The molecule has 0 fully saturated rings. The first-order valence-electron chi connectivity index (χ1n) is 5.67. The number of nitrogens with zero attached hydrogens (tertiary/aromatic N) is 1. The van der Waals surface area contributed by atoms with E-state index in [2.05, 4.69) is 22.1 Å². The number of rotatable bonds is 3. The van der Waals surface area contributed by atoms with Gasteiger partial charge in [-0.2, -0.15) is 0 Å². The first-order valence-corrected chi connectivity index (χ1v) is 6.55. The molecule has 0 bridgehead atoms. The third-order valence-electron chi connectivity index (χ3n) is 2.23. The Morgan fingerprint density at radius 2 is 2.26 bits per heavy atom. The molecule has 19 heavy (non-hydrogen) atoms. The van der Waals surface area contributed by atoms with E-state index in [9.17, 15) is 4.79 Å². The molecule has 0 unspecified atom stereocenters. The molecule has 0 aliphatic rings. The summed E-state index contributed by atoms with van der Waals surface area (Å²) in [5, 5.41) is 13.3. The van der Waals surface area contributed by atoms with Crippen LogP contribution in [0.1, 0.15) is 10.6 Å². The Balaban J connectivity index is 2.00. The van der Waals surface area contributed by atoms with Crippen molar-refractivity contribution in [1.82, 2.24) is 4.98 Å². The Hall–Kier alpha value is -2.16. The van der Waals surface area contributed by atoms with Gasteiger partial charge in [0.1, 0.15) is 18.1 Å². The van der Waals surface area contributed by atoms with Crippen LogP contribution < -0.4 is 5.32 Å². The van der Waals surface area contributed by atoms with Crippen molar-refractivity contribution < 1.29 is 9.90 Å². The third kappa shape index (κ3) is 4.21. The van der Waals surface area contributed by atoms with Crippen molar-refractivity contribution >= 4 is 23.1 Å². The summed E-state index contributed by atoms with van der Waals surface area (Å²) in [5.41, 5.74) is 0.517. The zero-order chi connectivity index (χ0) is 13.5. The van der Waals surface area contributed by atoms with Crippen molar-refractivity contribution in [3.05, 3.63) is 46.3 Å². The van der Waals surface area contributed by atoms with E-state index in [0.717, 1.165) is 4.88 Å². The predicted octanol–water partition coefficient (Wildman–Crippen LogP) is 1.67. The lowest BCUT2D eigenvalue weighted by atomic mass is 10.3. The van der Waals surface area contributed by atoms with Gasteiger partial charge in [-0.1, -0.05) is 18.1 Å². The van der Waals surface area contributed by atoms with Gasteiger partial charge in [0.15, 0.2) is 0 Å². The molecular formula is C14H12N2O2S. The quantitative estimate of drug-likeness (QED) is 0.835. The van der Waals surface area contributed by atoms with Crippen molar-refractivity contribution in [2.75, 3.05) is 11.9 Å². The fourth-order valence-electron chi connectivity index (χ4n) is 1.46. The molecule has 4 nitrogen and oxygen atoms in total. The summed E-state index contributed by atoms with van der Waals surface area (Å²) >= 11 is 1.54. The Kier molecular flexibility index (Phi) is 4.67. The van der Waals surface area contributed by atoms with Gasteiger partial charge in [0.25, 0.3) is 0 Å². The lowest BCUT2D eigenvalue weighted by molar-refractivity contribution is -0.115. The molecule has 0 spiro atoms. The van der Waals surface area contributed by atoms with Crippen LogP contribution in [-0.4, -0.2) is 22.6 Å². The van der Waals surface area contributed by atoms with Crippen LogP contribution in [0.5, 0.6) is 0 Å². The summed E-state index contributed by atoms with van der Waals surface area (Å²) in [4.78, 5) is 17.0. The second-order valence-electron chi connectivity index (χ2n) is 3.67. The van der Waals surface area contributed by atoms with Crippen LogP contribution >= 0.6 is 11.3 Å². The van der Waals surface area contributed by atoms with Crippen LogP contribution in [0.15, 0.2) is 35.7 Å². The maximum absolute atomic E-state index is 11.8. The lowest BCUT2D eigenvalue weighted by Crippen LogP contribution is -2.14. The third-order valence-corrected chi connectivity index (χ3v) is 3.10. The molecule has 1 amide bonds. The maximum atomic E-state index is 11.8. The smallest absolute Gasteiger partial charge is 0.230 e. The minimum Gasteiger partial charge on any atom is -0.384 e. The Bertz CT molecular complexity index is 612. The van der Waals surface area contributed by atoms with Crippen LogP contribution in [0.3, 0.4) is 0 Å². The highest BCUT2D eigenvalue weighted by atomic mass is 32.1. The van der Waals surface area contributed by atoms with E-state index in [0.29, 0.717) is 17.9 Å². The molecule has 2 heterocycles. The number of pyridine rings is 1. The highest BCUT2D eigenvalue weighted by molar-refractivity contribution is 7.10. The van der Waals surface area contributed by atoms with E-state index in [-0.39, 0.29) is 12.5 Å². The zero-order valence-corrected chi connectivity index (χ0v) is 10.9. The maximum Gasteiger partial charge on any atom is 0.230 e. The first-order chi connectivity index (χ1) is 9.28. The van der Waals surface area contributed by atoms with E-state index in [1.807, 2.05) is 17.5 Å². The van der Waals surface area contributed by atoms with Gasteiger partial charge in [0.2, 0.25) is 5.91 Å². The highest BCUT2D eigenvalue weighted by Gasteiger charge is 2.05. The summed E-state index contributed by atoms with van der Waals surface area (Å²) in [5.74, 6) is 5.56. The summed E-state index contributed by atoms with van der Waals surface area (Å²) in [6.45, 7) is -0.212. The molecule has 0 saturated heterocycles. The van der Waals surface area contributed by atoms with Gasteiger partial charge in [-0.25, -0.2) is 4.98 Å². The molecule has 0 aliphatic carbocycles. The molecule has 0 aliphatic heterocycles. The zero-order valence-electron chi connectivity index (χ0n) is 10.1. The van der Waals surface area contributed by atoms with Gasteiger partial charge in [-0.05, 0) is 29.5 Å². The number of aliphatic hydroxyl groups excluding tert-OH is 1. The molecule has 5 heteroatoms. The van der Waals surface area contributed by atoms with Crippen LogP contribution in [-0.2, 0) is 11.2 Å². The number of hydrogen-bond acceptors (Lipinski definition) is 4. The normalized spacial score (nSPS) is 9.53. The van der Waals surface area contributed by atoms with E-state index < -0.39 is 0 Å². The molecule has 0 atom stereocenters. The SMILES string of the molecule is O=C(Cc1cccs1)Nc1cccc(C#CCO)n1. The standard InChI is InChI=1S/C14H12N2O2S/c17-8-2-5-11-4-1-7-13(15-11)16-14(18)10-12-6-3-9-19-12/h1,3-4,6-7,9,17H,8,10H2,(H,15,16,18). The number of aromatic nitrogens is 1. The second-order valence-corrected chi connectivity index (χ2v) is 4.70. The van der Waals surface area contributed by atoms with Gasteiger partial charge in [-0.3, -0.25) is 4.79 Å². The predicted molar refractivity (Wildman–Crippen MR) is 74.9 cm³/mol. The van der Waals surface area contributed by atoms with Gasteiger partial charge in [0.05, 0.1) is 6.42 Å². The van der Waals surface area contributed by atoms with E-state index >= 15 is 0 Å². The molecule has 0 aromatic carbocycles. The average Bonchev–Trinajstić information content (AvgIpc) is 2.89. The van der Waals surface area contributed by atoms with Gasteiger partial charge < -0.3 is 10.4 Å². The Labute approximate surface area is 115 Å². The number of nitrogens with one attached hydrogen (secondary N) is 1. The molecule has 2 N–H and O–H groups in total. The molecule has 96 valence electrons. The van der Waals surface area contributed by atoms with Crippen molar-refractivity contribution in [2.24, 2.45) is 0 Å². The fraction of sp³-hybridized carbons (Fsp3) is 0.143. The number of carbonyl (C=O) groups is 1. The van der Waals surface area contributed by atoms with Crippen molar-refractivity contribution in [3.63, 3.8) is 0 Å². The van der Waals surface area contributed by atoms with Gasteiger partial charge in [0, 0.05) is 4.88 Å². The number of aliphatic hydroxyl groups is 1. The minimum absolute atomic E-state index is 0.109. The van der Waals surface area contributed by atoms with Crippen LogP contribution in [0, 0.1) is 11.8 Å². The summed E-state index contributed by atoms with van der Waals surface area (Å²) in [6, 6.07) is 9.01. The second kappa shape index (κ2) is 6.69. The number of carbonyl (C=O) groups excluding carboxylic acids is 1. The largest absolute Gasteiger partial charge is 0.384 e. The average molecular weight is 272 g/mol. The van der Waals surface area contributed by atoms with Crippen LogP contribution in [0.4, 0.5) is 5.82 Å². The Morgan fingerprint density at radius 3 is 3.00 bits per heavy atom. The van der Waals surface area contributed by atoms with Crippen molar-refractivity contribution in [3.8, 4) is 11.8 Å². The number of thiophene rings is 1. The molecule has 0 saturated carbocycles. The van der Waals surface area contributed by atoms with Gasteiger partial charge >= 0.3 is 0 Å². The highest BCUT2D eigenvalue weighted by Crippen LogP contribution is 2.10. The number of anilines is 1. The monoisotopic (exact) mass is 272 g/mol. The van der Waals surface area contributed by atoms with E-state index in [1.54, 1.807) is 29.5 Å². The van der Waals surface area contributed by atoms with Gasteiger partial charge in [-0.15, -0.1) is 11.3 Å². The summed E-state index contributed by atoms with van der Waals surface area (Å²) < 4.78 is 0. The molecule has 2 rings (SSSR count). The number of hydrogen-bond donors (Lipinski definition) is 2. The molecule has 2 aromatic heterocycles. The number of amides is 1. The lowest BCUT2D eigenvalue weighted by Gasteiger charge is -2.03. The van der Waals surface area contributed by atoms with E-state index in [1.165, 1.54) is 0 Å². The molecule has 2 aromatic rings. The topological polar surface area (TPSA) is 62.2 Å². The fourth-order valence-corrected chi connectivity index (χ4v) is 2.17. The van der Waals surface area contributed by atoms with Crippen LogP contribution in [0.25, 0.3) is 0 Å². The summed E-state index contributed by atoms with van der Waals surface area (Å²) in [7, 11) is 0. The molecule has 0 radical (unpaired) electrons. The summed E-state index contributed by atoms with van der Waals surface area (Å²) in [6.07, 6.45) is 0.339. The van der Waals surface area contributed by atoms with Crippen molar-refractivity contribution in [2.45, 2.75) is 6.42 Å². The van der Waals surface area contributed by atoms with Crippen LogP contribution in [0.2, 0.25) is 0 Å².